The molecule has 66 valence electrons. The number of hydrogen-bond acceptors (Lipinski definition) is 3. The van der Waals surface area contributed by atoms with Gasteiger partial charge in [-0.05, 0) is 23.6 Å². The van der Waals surface area contributed by atoms with E-state index in [1.807, 2.05) is 0 Å². The maximum absolute atomic E-state index is 9.55. The lowest BCUT2D eigenvalue weighted by Gasteiger charge is -2.03. The van der Waals surface area contributed by atoms with Gasteiger partial charge in [-0.25, -0.2) is 0 Å². The molecule has 0 radical (unpaired) electrons. The van der Waals surface area contributed by atoms with E-state index >= 15 is 0 Å². The predicted octanol–water partition coefficient (Wildman–Crippen LogP) is 1.83. The van der Waals surface area contributed by atoms with Crippen LogP contribution in [0.3, 0.4) is 0 Å². The average molecular weight is 175 g/mol. The van der Waals surface area contributed by atoms with E-state index in [2.05, 4.69) is 0 Å². The van der Waals surface area contributed by atoms with Gasteiger partial charge in [-0.3, -0.25) is 0 Å². The molecular weight excluding hydrogens is 166 g/mol. The Hall–Kier alpha value is -1.90. The van der Waals surface area contributed by atoms with Crippen LogP contribution in [0.15, 0.2) is 30.3 Å². The Kier molecular flexibility index (Phi) is 1.52. The quantitative estimate of drug-likeness (QED) is 0.422. The Morgan fingerprint density at radius 2 is 1.69 bits per heavy atom. The maximum atomic E-state index is 9.55. The molecule has 0 spiro atoms. The second kappa shape index (κ2) is 2.55. The molecule has 0 unspecified atom stereocenters. The minimum Gasteiger partial charge on any atom is -0.508 e. The molecule has 13 heavy (non-hydrogen) atoms. The fourth-order valence-electron chi connectivity index (χ4n) is 1.31. The molecule has 3 nitrogen and oxygen atoms in total. The van der Waals surface area contributed by atoms with Crippen molar-refractivity contribution in [2.75, 3.05) is 5.73 Å². The lowest BCUT2D eigenvalue weighted by molar-refractivity contribution is 0.472. The van der Waals surface area contributed by atoms with Crippen LogP contribution in [0.5, 0.6) is 11.5 Å². The molecule has 0 saturated heterocycles. The van der Waals surface area contributed by atoms with Crippen molar-refractivity contribution in [3.05, 3.63) is 30.3 Å². The summed E-state index contributed by atoms with van der Waals surface area (Å²) in [5.41, 5.74) is 5.82. The van der Waals surface area contributed by atoms with Crippen LogP contribution >= 0.6 is 0 Å². The number of anilines is 1. The average Bonchev–Trinajstić information content (AvgIpc) is 2.12. The van der Waals surface area contributed by atoms with Gasteiger partial charge in [0.1, 0.15) is 11.5 Å². The van der Waals surface area contributed by atoms with Crippen molar-refractivity contribution in [1.82, 2.24) is 0 Å². The van der Waals surface area contributed by atoms with Gasteiger partial charge in [0.2, 0.25) is 0 Å². The van der Waals surface area contributed by atoms with E-state index in [-0.39, 0.29) is 11.5 Å². The molecule has 2 aromatic carbocycles. The summed E-state index contributed by atoms with van der Waals surface area (Å²) in [4.78, 5) is 0. The van der Waals surface area contributed by atoms with Crippen LogP contribution in [0.25, 0.3) is 10.8 Å². The number of fused-ring (bicyclic) bond motifs is 1. The topological polar surface area (TPSA) is 66.5 Å². The Morgan fingerprint density at radius 3 is 2.46 bits per heavy atom. The van der Waals surface area contributed by atoms with Crippen LogP contribution in [0.2, 0.25) is 0 Å². The van der Waals surface area contributed by atoms with Crippen LogP contribution in [0.1, 0.15) is 0 Å². The Balaban J connectivity index is 2.89. The van der Waals surface area contributed by atoms with Gasteiger partial charge < -0.3 is 15.9 Å². The molecule has 0 aromatic heterocycles. The summed E-state index contributed by atoms with van der Waals surface area (Å²) in [6.07, 6.45) is 0. The highest BCUT2D eigenvalue weighted by atomic mass is 16.3. The summed E-state index contributed by atoms with van der Waals surface area (Å²) in [5.74, 6) is 0.141. The minimum absolute atomic E-state index is 0.0217. The molecule has 2 rings (SSSR count). The molecule has 0 saturated carbocycles. The van der Waals surface area contributed by atoms with Gasteiger partial charge in [0.05, 0.1) is 5.69 Å². The van der Waals surface area contributed by atoms with Gasteiger partial charge >= 0.3 is 0 Å². The van der Waals surface area contributed by atoms with E-state index in [9.17, 15) is 10.2 Å². The van der Waals surface area contributed by atoms with Crippen LogP contribution < -0.4 is 5.73 Å². The highest BCUT2D eigenvalue weighted by Gasteiger charge is 2.03. The van der Waals surface area contributed by atoms with Crippen LogP contribution in [-0.4, -0.2) is 10.2 Å². The van der Waals surface area contributed by atoms with Crippen LogP contribution in [0, 0.1) is 0 Å². The molecule has 3 heteroatoms. The van der Waals surface area contributed by atoms with Gasteiger partial charge in [0.15, 0.2) is 0 Å². The number of phenols is 2. The van der Waals surface area contributed by atoms with Crippen molar-refractivity contribution in [2.24, 2.45) is 0 Å². The minimum atomic E-state index is 0.0217. The lowest BCUT2D eigenvalue weighted by atomic mass is 10.1. The Labute approximate surface area is 75.0 Å². The van der Waals surface area contributed by atoms with Gasteiger partial charge in [0.25, 0.3) is 0 Å². The Morgan fingerprint density at radius 1 is 1.00 bits per heavy atom. The van der Waals surface area contributed by atoms with E-state index in [1.165, 1.54) is 6.07 Å². The molecule has 0 aliphatic carbocycles. The molecule has 0 aliphatic rings. The number of rotatable bonds is 0. The van der Waals surface area contributed by atoms with Crippen molar-refractivity contribution < 1.29 is 10.2 Å². The lowest BCUT2D eigenvalue weighted by Crippen LogP contribution is -1.85. The number of hydrogen-bond donors (Lipinski definition) is 3. The van der Waals surface area contributed by atoms with Gasteiger partial charge in [-0.2, -0.15) is 0 Å². The van der Waals surface area contributed by atoms with E-state index in [0.717, 1.165) is 5.39 Å². The third-order valence-corrected chi connectivity index (χ3v) is 2.01. The predicted molar refractivity (Wildman–Crippen MR) is 51.7 cm³/mol. The molecule has 0 fully saturated rings. The highest BCUT2D eigenvalue weighted by Crippen LogP contribution is 2.32. The van der Waals surface area contributed by atoms with E-state index in [0.29, 0.717) is 11.1 Å². The number of phenolic OH excluding ortho intramolecular Hbond substituents is 2. The molecule has 0 amide bonds. The van der Waals surface area contributed by atoms with Crippen molar-refractivity contribution in [3.63, 3.8) is 0 Å². The number of benzene rings is 2. The normalized spacial score (nSPS) is 10.5. The van der Waals surface area contributed by atoms with Gasteiger partial charge in [-0.15, -0.1) is 0 Å². The third-order valence-electron chi connectivity index (χ3n) is 2.01. The van der Waals surface area contributed by atoms with Gasteiger partial charge in [-0.1, -0.05) is 12.1 Å². The summed E-state index contributed by atoms with van der Waals surface area (Å²) < 4.78 is 0. The number of nitrogens with two attached hydrogens (primary N) is 1. The fourth-order valence-corrected chi connectivity index (χ4v) is 1.31. The second-order valence-electron chi connectivity index (χ2n) is 2.91. The monoisotopic (exact) mass is 175 g/mol. The zero-order valence-electron chi connectivity index (χ0n) is 6.86. The second-order valence-corrected chi connectivity index (χ2v) is 2.91. The van der Waals surface area contributed by atoms with Crippen LogP contribution in [0.4, 0.5) is 5.69 Å². The fraction of sp³-hybridized carbons (Fsp3) is 0. The molecular formula is C10H9NO2. The zero-order valence-corrected chi connectivity index (χ0v) is 6.86. The first kappa shape index (κ1) is 7.73. The molecule has 2 aromatic rings. The molecule has 0 bridgehead atoms. The van der Waals surface area contributed by atoms with Gasteiger partial charge in [0, 0.05) is 5.39 Å². The first-order valence-electron chi connectivity index (χ1n) is 3.88. The molecule has 4 N–H and O–H groups in total. The summed E-state index contributed by atoms with van der Waals surface area (Å²) in [6.45, 7) is 0. The molecule has 0 heterocycles. The van der Waals surface area contributed by atoms with Crippen LogP contribution in [-0.2, 0) is 0 Å². The van der Waals surface area contributed by atoms with Crippen molar-refractivity contribution >= 4 is 16.5 Å². The summed E-state index contributed by atoms with van der Waals surface area (Å²) in [6, 6.07) is 8.21. The van der Waals surface area contributed by atoms with Crippen molar-refractivity contribution in [3.8, 4) is 11.5 Å². The first-order chi connectivity index (χ1) is 6.18. The maximum Gasteiger partial charge on any atom is 0.146 e. The molecule has 0 aliphatic heterocycles. The number of aromatic hydroxyl groups is 2. The summed E-state index contributed by atoms with van der Waals surface area (Å²) in [5, 5.41) is 20.2. The number of nitrogen functional groups attached to an aromatic ring is 1. The standard InChI is InChI=1S/C10H9NO2/c11-9-4-2-6-1-3-7(12)5-8(6)10(9)13/h1-5,12-13H,11H2. The first-order valence-corrected chi connectivity index (χ1v) is 3.88. The third kappa shape index (κ3) is 1.14. The largest absolute Gasteiger partial charge is 0.508 e. The van der Waals surface area contributed by atoms with E-state index < -0.39 is 0 Å². The highest BCUT2D eigenvalue weighted by molar-refractivity contribution is 5.93. The molecule has 0 atom stereocenters. The summed E-state index contributed by atoms with van der Waals surface area (Å²) in [7, 11) is 0. The summed E-state index contributed by atoms with van der Waals surface area (Å²) >= 11 is 0. The Bertz CT molecular complexity index is 460. The SMILES string of the molecule is Nc1ccc2ccc(O)cc2c1O. The van der Waals surface area contributed by atoms with Crippen molar-refractivity contribution in [2.45, 2.75) is 0 Å². The van der Waals surface area contributed by atoms with E-state index in [1.54, 1.807) is 24.3 Å². The van der Waals surface area contributed by atoms with E-state index in [4.69, 9.17) is 5.73 Å². The zero-order chi connectivity index (χ0) is 9.42. The smallest absolute Gasteiger partial charge is 0.146 e. The van der Waals surface area contributed by atoms with Crippen molar-refractivity contribution in [1.29, 1.82) is 0 Å².